The molecule has 0 aromatic heterocycles. The van der Waals surface area contributed by atoms with Crippen LogP contribution in [0.25, 0.3) is 0 Å². The number of unbranched alkanes of at least 4 members (excludes halogenated alkanes) is 16. The summed E-state index contributed by atoms with van der Waals surface area (Å²) in [6.45, 7) is 18.2. The summed E-state index contributed by atoms with van der Waals surface area (Å²) in [5, 5.41) is 0. The number of hydrogen-bond acceptors (Lipinski definition) is 9. The minimum Gasteiger partial charge on any atom is -0.373 e. The maximum Gasteiger partial charge on any atom is 0.500 e. The molecule has 0 radical (unpaired) electrons. The van der Waals surface area contributed by atoms with Crippen molar-refractivity contribution in [1.29, 1.82) is 0 Å². The molecule has 0 unspecified atom stereocenters. The van der Waals surface area contributed by atoms with Gasteiger partial charge in [0.2, 0.25) is 0 Å². The highest BCUT2D eigenvalue weighted by Crippen LogP contribution is 2.36. The van der Waals surface area contributed by atoms with E-state index in [4.69, 9.17) is 26.6 Å². The van der Waals surface area contributed by atoms with Gasteiger partial charge in [0.1, 0.15) is 0 Å². The summed E-state index contributed by atoms with van der Waals surface area (Å²) >= 11 is 0. The Hall–Kier alpha value is 1.24. The van der Waals surface area contributed by atoms with Gasteiger partial charge in [-0.1, -0.05) is 153 Å². The maximum absolute atomic E-state index is 6.55. The first-order valence-electron chi connectivity index (χ1n) is 21.8. The van der Waals surface area contributed by atoms with Crippen molar-refractivity contribution < 1.29 is 26.6 Å². The van der Waals surface area contributed by atoms with Crippen LogP contribution in [0.4, 0.5) is 0 Å². The van der Waals surface area contributed by atoms with E-state index in [0.717, 1.165) is 103 Å². The largest absolute Gasteiger partial charge is 0.500 e. The van der Waals surface area contributed by atoms with Crippen molar-refractivity contribution in [3.05, 3.63) is 0 Å². The quantitative estimate of drug-likeness (QED) is 0.0340. The second kappa shape index (κ2) is 40.9. The Morgan fingerprint density at radius 2 is 0.549 bits per heavy atom. The number of rotatable bonds is 44. The van der Waals surface area contributed by atoms with Gasteiger partial charge in [0.15, 0.2) is 0 Å². The second-order valence-electron chi connectivity index (χ2n) is 14.0. The molecule has 0 fully saturated rings. The third-order valence-electron chi connectivity index (χ3n) is 8.94. The standard InChI is InChI=1S/C40H86O6S3Si2/c1-7-13-21-31-41-50(42-32-22-14-8-2,43-33-23-15-9-3)39-29-19-27-37-47-49-48-38-28-20-30-40-51(44-34-24-16-10-4,45-35-25-17-11-5)46-36-26-18-12-6/h7-40H2,1-6H3. The van der Waals surface area contributed by atoms with E-state index in [1.807, 2.05) is 31.4 Å². The summed E-state index contributed by atoms with van der Waals surface area (Å²) < 4.78 is 39.3. The van der Waals surface area contributed by atoms with Crippen LogP contribution in [0.1, 0.15) is 196 Å². The lowest BCUT2D eigenvalue weighted by Gasteiger charge is -2.30. The van der Waals surface area contributed by atoms with E-state index in [1.54, 1.807) is 0 Å². The zero-order chi connectivity index (χ0) is 37.4. The molecule has 0 rings (SSSR count). The molecule has 0 spiro atoms. The molecule has 0 saturated heterocycles. The summed E-state index contributed by atoms with van der Waals surface area (Å²) in [4.78, 5) is 0. The molecule has 0 aliphatic carbocycles. The van der Waals surface area contributed by atoms with Crippen LogP contribution < -0.4 is 0 Å². The van der Waals surface area contributed by atoms with Crippen molar-refractivity contribution in [2.75, 3.05) is 51.1 Å². The molecule has 0 aromatic rings. The molecular formula is C40H86O6S3Si2. The van der Waals surface area contributed by atoms with Crippen LogP contribution in [0.15, 0.2) is 0 Å². The van der Waals surface area contributed by atoms with E-state index in [0.29, 0.717) is 0 Å². The van der Waals surface area contributed by atoms with Crippen molar-refractivity contribution in [1.82, 2.24) is 0 Å². The fourth-order valence-corrected chi connectivity index (χ4v) is 15.1. The monoisotopic (exact) mass is 815 g/mol. The van der Waals surface area contributed by atoms with E-state index in [9.17, 15) is 0 Å². The van der Waals surface area contributed by atoms with E-state index >= 15 is 0 Å². The van der Waals surface area contributed by atoms with Crippen LogP contribution in [0.5, 0.6) is 0 Å². The highest BCUT2D eigenvalue weighted by molar-refractivity contribution is 9.09. The second-order valence-corrected chi connectivity index (χ2v) is 24.0. The fraction of sp³-hybridized carbons (Fsp3) is 1.00. The van der Waals surface area contributed by atoms with Crippen LogP contribution >= 0.6 is 31.4 Å². The van der Waals surface area contributed by atoms with Crippen LogP contribution in [0.3, 0.4) is 0 Å². The Balaban J connectivity index is 4.56. The molecule has 0 amide bonds. The first-order valence-corrected chi connectivity index (χ1v) is 29.5. The van der Waals surface area contributed by atoms with Gasteiger partial charge >= 0.3 is 17.6 Å². The van der Waals surface area contributed by atoms with E-state index < -0.39 is 17.6 Å². The van der Waals surface area contributed by atoms with Gasteiger partial charge in [-0.2, -0.15) is 0 Å². The Morgan fingerprint density at radius 1 is 0.294 bits per heavy atom. The lowest BCUT2D eigenvalue weighted by molar-refractivity contribution is 0.0542. The summed E-state index contributed by atoms with van der Waals surface area (Å²) in [7, 11) is 0.771. The predicted octanol–water partition coefficient (Wildman–Crippen LogP) is 14.5. The first-order chi connectivity index (χ1) is 25.1. The summed E-state index contributed by atoms with van der Waals surface area (Å²) in [6, 6.07) is 1.93. The minimum absolute atomic E-state index is 0.778. The zero-order valence-corrected chi connectivity index (χ0v) is 39.2. The van der Waals surface area contributed by atoms with Gasteiger partial charge in [0.05, 0.1) is 0 Å². The molecule has 51 heavy (non-hydrogen) atoms. The molecule has 6 nitrogen and oxygen atoms in total. The van der Waals surface area contributed by atoms with Gasteiger partial charge < -0.3 is 26.6 Å². The van der Waals surface area contributed by atoms with Crippen LogP contribution in [-0.4, -0.2) is 68.8 Å². The fourth-order valence-electron chi connectivity index (χ4n) is 5.62. The minimum atomic E-state index is -2.62. The molecule has 0 N–H and O–H groups in total. The summed E-state index contributed by atoms with van der Waals surface area (Å²) in [5.74, 6) is 2.40. The molecule has 0 bridgehead atoms. The molecule has 11 heteroatoms. The Labute approximate surface area is 332 Å². The Morgan fingerprint density at radius 3 is 0.784 bits per heavy atom. The Kier molecular flexibility index (Phi) is 41.9. The lowest BCUT2D eigenvalue weighted by atomic mass is 10.3. The van der Waals surface area contributed by atoms with Crippen molar-refractivity contribution in [3.63, 3.8) is 0 Å². The summed E-state index contributed by atoms with van der Waals surface area (Å²) in [5.41, 5.74) is 0. The molecule has 308 valence electrons. The average molecular weight is 815 g/mol. The highest BCUT2D eigenvalue weighted by Gasteiger charge is 2.41. The van der Waals surface area contributed by atoms with Crippen molar-refractivity contribution in [2.45, 2.75) is 208 Å². The first kappa shape index (κ1) is 52.2. The molecule has 0 heterocycles. The summed E-state index contributed by atoms with van der Waals surface area (Å²) in [6.07, 6.45) is 28.3. The van der Waals surface area contributed by atoms with E-state index in [1.165, 1.54) is 114 Å². The average Bonchev–Trinajstić information content (AvgIpc) is 3.14. The smallest absolute Gasteiger partial charge is 0.373 e. The van der Waals surface area contributed by atoms with E-state index in [-0.39, 0.29) is 0 Å². The van der Waals surface area contributed by atoms with Crippen molar-refractivity contribution in [2.24, 2.45) is 0 Å². The molecule has 0 aliphatic heterocycles. The SMILES string of the molecule is CCCCCO[Si](CCCCCSSSCCCCC[Si](OCCCCC)(OCCCCC)OCCCCC)(OCCCCC)OCCCCC. The Bertz CT molecular complexity index is 570. The lowest BCUT2D eigenvalue weighted by Crippen LogP contribution is -2.46. The van der Waals surface area contributed by atoms with Crippen LogP contribution in [0, 0.1) is 0 Å². The predicted molar refractivity (Wildman–Crippen MR) is 234 cm³/mol. The van der Waals surface area contributed by atoms with Crippen LogP contribution in [0.2, 0.25) is 12.1 Å². The molecule has 0 aliphatic rings. The third-order valence-corrected chi connectivity index (χ3v) is 19.1. The van der Waals surface area contributed by atoms with Crippen LogP contribution in [-0.2, 0) is 26.6 Å². The molecular weight excluding hydrogens is 729 g/mol. The number of hydrogen-bond donors (Lipinski definition) is 0. The highest BCUT2D eigenvalue weighted by atomic mass is 33.5. The van der Waals surface area contributed by atoms with Gasteiger partial charge in [-0.05, 0) is 74.0 Å². The molecule has 0 saturated carbocycles. The van der Waals surface area contributed by atoms with Gasteiger partial charge in [-0.15, -0.1) is 0 Å². The van der Waals surface area contributed by atoms with Gasteiger partial charge in [0.25, 0.3) is 0 Å². The zero-order valence-electron chi connectivity index (χ0n) is 34.7. The third kappa shape index (κ3) is 33.1. The van der Waals surface area contributed by atoms with Gasteiger partial charge in [0, 0.05) is 63.2 Å². The van der Waals surface area contributed by atoms with Gasteiger partial charge in [-0.25, -0.2) is 0 Å². The maximum atomic E-state index is 6.55. The topological polar surface area (TPSA) is 55.4 Å². The van der Waals surface area contributed by atoms with Crippen molar-refractivity contribution in [3.8, 4) is 0 Å². The molecule has 0 aromatic carbocycles. The van der Waals surface area contributed by atoms with E-state index in [2.05, 4.69) is 41.5 Å². The molecule has 0 atom stereocenters. The normalized spacial score (nSPS) is 12.4. The van der Waals surface area contributed by atoms with Gasteiger partial charge in [-0.3, -0.25) is 0 Å². The van der Waals surface area contributed by atoms with Crippen molar-refractivity contribution >= 4 is 49.0 Å².